The third-order valence-electron chi connectivity index (χ3n) is 3.35. The van der Waals surface area contributed by atoms with Gasteiger partial charge >= 0.3 is 0 Å². The molecule has 2 rings (SSSR count). The smallest absolute Gasteiger partial charge is 0.224 e. The molecule has 0 aromatic heterocycles. The monoisotopic (exact) mass is 265 g/mol. The maximum Gasteiger partial charge on any atom is 0.224 e. The van der Waals surface area contributed by atoms with Crippen molar-refractivity contribution in [2.75, 3.05) is 26.2 Å². The topological polar surface area (TPSA) is 58.4 Å². The van der Waals surface area contributed by atoms with E-state index < -0.39 is 0 Å². The minimum atomic E-state index is -0.334. The van der Waals surface area contributed by atoms with Crippen molar-refractivity contribution < 1.29 is 9.18 Å². The minimum Gasteiger partial charge on any atom is -0.340 e. The number of piperazine rings is 1. The molecule has 0 bridgehead atoms. The highest BCUT2D eigenvalue weighted by Gasteiger charge is 2.19. The number of rotatable bonds is 4. The van der Waals surface area contributed by atoms with Crippen molar-refractivity contribution in [3.8, 4) is 0 Å². The van der Waals surface area contributed by atoms with Crippen LogP contribution in [0, 0.1) is 5.82 Å². The Balaban J connectivity index is 1.85. The SMILES string of the molecule is N[C@@H](CC(=O)N1CCNCC1)Cc1ccccc1F. The molecular weight excluding hydrogens is 245 g/mol. The highest BCUT2D eigenvalue weighted by molar-refractivity contribution is 5.77. The molecule has 3 N–H and O–H groups in total. The van der Waals surface area contributed by atoms with Crippen molar-refractivity contribution in [2.24, 2.45) is 5.73 Å². The van der Waals surface area contributed by atoms with Crippen LogP contribution in [0.25, 0.3) is 0 Å². The van der Waals surface area contributed by atoms with E-state index in [-0.39, 0.29) is 24.2 Å². The Morgan fingerprint density at radius 3 is 2.74 bits per heavy atom. The Morgan fingerprint density at radius 2 is 2.05 bits per heavy atom. The molecule has 0 aliphatic carbocycles. The van der Waals surface area contributed by atoms with Crippen molar-refractivity contribution in [3.05, 3.63) is 35.6 Å². The van der Waals surface area contributed by atoms with E-state index in [1.807, 2.05) is 4.90 Å². The van der Waals surface area contributed by atoms with Gasteiger partial charge in [-0.2, -0.15) is 0 Å². The fourth-order valence-corrected chi connectivity index (χ4v) is 2.29. The van der Waals surface area contributed by atoms with Gasteiger partial charge in [0.2, 0.25) is 5.91 Å². The van der Waals surface area contributed by atoms with Crippen LogP contribution in [0.5, 0.6) is 0 Å². The Bertz CT molecular complexity index is 432. The normalized spacial score (nSPS) is 17.3. The number of benzene rings is 1. The lowest BCUT2D eigenvalue weighted by Crippen LogP contribution is -2.47. The van der Waals surface area contributed by atoms with Crippen molar-refractivity contribution in [1.29, 1.82) is 0 Å². The molecule has 1 amide bonds. The van der Waals surface area contributed by atoms with Crippen molar-refractivity contribution in [2.45, 2.75) is 18.9 Å². The van der Waals surface area contributed by atoms with Gasteiger partial charge in [-0.25, -0.2) is 4.39 Å². The second-order valence-corrected chi connectivity index (χ2v) is 4.89. The third-order valence-corrected chi connectivity index (χ3v) is 3.35. The molecule has 1 heterocycles. The maximum absolute atomic E-state index is 13.5. The van der Waals surface area contributed by atoms with Crippen LogP contribution in [-0.4, -0.2) is 43.0 Å². The summed E-state index contributed by atoms with van der Waals surface area (Å²) in [6.07, 6.45) is 0.666. The van der Waals surface area contributed by atoms with Crippen LogP contribution in [0.3, 0.4) is 0 Å². The lowest BCUT2D eigenvalue weighted by molar-refractivity contribution is -0.132. The Kier molecular flexibility index (Phi) is 4.87. The molecule has 1 aromatic rings. The van der Waals surface area contributed by atoms with Gasteiger partial charge in [-0.15, -0.1) is 0 Å². The summed E-state index contributed by atoms with van der Waals surface area (Å²) in [6, 6.07) is 6.23. The van der Waals surface area contributed by atoms with E-state index in [2.05, 4.69) is 5.32 Å². The summed E-state index contributed by atoms with van der Waals surface area (Å²) in [5, 5.41) is 3.20. The quantitative estimate of drug-likeness (QED) is 0.834. The van der Waals surface area contributed by atoms with Gasteiger partial charge in [-0.1, -0.05) is 18.2 Å². The zero-order valence-corrected chi connectivity index (χ0v) is 10.9. The first-order valence-corrected chi connectivity index (χ1v) is 6.64. The fraction of sp³-hybridized carbons (Fsp3) is 0.500. The first-order valence-electron chi connectivity index (χ1n) is 6.64. The van der Waals surface area contributed by atoms with Gasteiger partial charge in [-0.3, -0.25) is 4.79 Å². The van der Waals surface area contributed by atoms with Crippen LogP contribution >= 0.6 is 0 Å². The minimum absolute atomic E-state index is 0.0605. The van der Waals surface area contributed by atoms with E-state index in [1.54, 1.807) is 18.2 Å². The molecule has 0 radical (unpaired) electrons. The molecule has 1 saturated heterocycles. The van der Waals surface area contributed by atoms with E-state index in [4.69, 9.17) is 5.73 Å². The van der Waals surface area contributed by atoms with Crippen LogP contribution in [0.2, 0.25) is 0 Å². The molecule has 1 atom stereocenters. The molecule has 1 aromatic carbocycles. The van der Waals surface area contributed by atoms with Gasteiger partial charge < -0.3 is 16.0 Å². The average Bonchev–Trinajstić information content (AvgIpc) is 2.42. The molecule has 0 spiro atoms. The third kappa shape index (κ3) is 4.01. The van der Waals surface area contributed by atoms with Gasteiger partial charge in [0.1, 0.15) is 5.82 Å². The Labute approximate surface area is 112 Å². The molecule has 0 saturated carbocycles. The predicted molar refractivity (Wildman–Crippen MR) is 72.1 cm³/mol. The molecule has 1 fully saturated rings. The van der Waals surface area contributed by atoms with Crippen LogP contribution in [-0.2, 0) is 11.2 Å². The Morgan fingerprint density at radius 1 is 1.37 bits per heavy atom. The van der Waals surface area contributed by atoms with Gasteiger partial charge in [0.25, 0.3) is 0 Å². The molecule has 5 heteroatoms. The second kappa shape index (κ2) is 6.63. The largest absolute Gasteiger partial charge is 0.340 e. The lowest BCUT2D eigenvalue weighted by Gasteiger charge is -2.28. The number of halogens is 1. The number of hydrogen-bond donors (Lipinski definition) is 2. The average molecular weight is 265 g/mol. The number of nitrogens with zero attached hydrogens (tertiary/aromatic N) is 1. The standard InChI is InChI=1S/C14H20FN3O/c15-13-4-2-1-3-11(13)9-12(16)10-14(19)18-7-5-17-6-8-18/h1-4,12,17H,5-10,16H2/t12-/m1/s1. The molecule has 4 nitrogen and oxygen atoms in total. The van der Waals surface area contributed by atoms with Crippen molar-refractivity contribution in [3.63, 3.8) is 0 Å². The first kappa shape index (κ1) is 14.0. The van der Waals surface area contributed by atoms with Crippen LogP contribution in [0.1, 0.15) is 12.0 Å². The second-order valence-electron chi connectivity index (χ2n) is 4.89. The zero-order valence-electron chi connectivity index (χ0n) is 10.9. The summed E-state index contributed by atoms with van der Waals surface area (Å²) in [7, 11) is 0. The van der Waals surface area contributed by atoms with E-state index >= 15 is 0 Å². The van der Waals surface area contributed by atoms with E-state index in [0.29, 0.717) is 12.0 Å². The van der Waals surface area contributed by atoms with E-state index in [1.165, 1.54) is 6.07 Å². The molecule has 1 aliphatic rings. The lowest BCUT2D eigenvalue weighted by atomic mass is 10.0. The highest BCUT2D eigenvalue weighted by Crippen LogP contribution is 2.10. The molecule has 104 valence electrons. The summed E-state index contributed by atoms with van der Waals surface area (Å²) in [5.41, 5.74) is 6.52. The van der Waals surface area contributed by atoms with E-state index in [9.17, 15) is 9.18 Å². The van der Waals surface area contributed by atoms with Gasteiger partial charge in [0, 0.05) is 38.6 Å². The number of hydrogen-bond acceptors (Lipinski definition) is 3. The number of carbonyl (C=O) groups excluding carboxylic acids is 1. The van der Waals surface area contributed by atoms with E-state index in [0.717, 1.165) is 26.2 Å². The fourth-order valence-electron chi connectivity index (χ4n) is 2.29. The molecule has 1 aliphatic heterocycles. The Hall–Kier alpha value is -1.46. The molecular formula is C14H20FN3O. The maximum atomic E-state index is 13.5. The zero-order chi connectivity index (χ0) is 13.7. The first-order chi connectivity index (χ1) is 9.16. The van der Waals surface area contributed by atoms with Crippen molar-refractivity contribution in [1.82, 2.24) is 10.2 Å². The molecule has 19 heavy (non-hydrogen) atoms. The van der Waals surface area contributed by atoms with Crippen LogP contribution < -0.4 is 11.1 Å². The number of nitrogens with two attached hydrogens (primary N) is 1. The number of nitrogens with one attached hydrogen (secondary N) is 1. The summed E-state index contributed by atoms with van der Waals surface area (Å²) >= 11 is 0. The summed E-state index contributed by atoms with van der Waals surface area (Å²) < 4.78 is 13.5. The summed E-state index contributed by atoms with van der Waals surface area (Å²) in [5.74, 6) is -0.196. The van der Waals surface area contributed by atoms with Crippen molar-refractivity contribution >= 4 is 5.91 Å². The van der Waals surface area contributed by atoms with Gasteiger partial charge in [0.15, 0.2) is 0 Å². The summed E-state index contributed by atoms with van der Waals surface area (Å²) in [4.78, 5) is 13.8. The van der Waals surface area contributed by atoms with Gasteiger partial charge in [0.05, 0.1) is 0 Å². The van der Waals surface area contributed by atoms with Gasteiger partial charge in [-0.05, 0) is 18.1 Å². The van der Waals surface area contributed by atoms with Crippen LogP contribution in [0.15, 0.2) is 24.3 Å². The molecule has 0 unspecified atom stereocenters. The summed E-state index contributed by atoms with van der Waals surface area (Å²) in [6.45, 7) is 3.11. The highest BCUT2D eigenvalue weighted by atomic mass is 19.1. The van der Waals surface area contributed by atoms with Crippen LogP contribution in [0.4, 0.5) is 4.39 Å². The number of carbonyl (C=O) groups is 1. The predicted octanol–water partition coefficient (Wildman–Crippen LogP) is 0.517. The number of amides is 1.